The van der Waals surface area contributed by atoms with Crippen molar-refractivity contribution < 1.29 is 28.3 Å². The van der Waals surface area contributed by atoms with Gasteiger partial charge in [0.25, 0.3) is 11.8 Å². The van der Waals surface area contributed by atoms with E-state index in [9.17, 15) is 23.6 Å². The molecule has 1 aromatic carbocycles. The molecule has 0 spiro atoms. The van der Waals surface area contributed by atoms with Gasteiger partial charge in [-0.15, -0.1) is 0 Å². The summed E-state index contributed by atoms with van der Waals surface area (Å²) in [4.78, 5) is 47.0. The molecule has 0 aliphatic carbocycles. The Labute approximate surface area is 150 Å². The van der Waals surface area contributed by atoms with Gasteiger partial charge in [0, 0.05) is 6.54 Å². The Morgan fingerprint density at radius 1 is 1.15 bits per heavy atom. The van der Waals surface area contributed by atoms with Crippen LogP contribution in [0.15, 0.2) is 24.3 Å². The first-order chi connectivity index (χ1) is 12.3. The van der Waals surface area contributed by atoms with Crippen molar-refractivity contribution in [3.8, 4) is 0 Å². The van der Waals surface area contributed by atoms with Gasteiger partial charge in [0.15, 0.2) is 6.61 Å². The van der Waals surface area contributed by atoms with Crippen molar-refractivity contribution in [2.24, 2.45) is 5.92 Å². The molecule has 0 aliphatic heterocycles. The number of halogens is 1. The van der Waals surface area contributed by atoms with Crippen LogP contribution < -0.4 is 16.0 Å². The quantitative estimate of drug-likeness (QED) is 0.622. The fourth-order valence-electron chi connectivity index (χ4n) is 1.96. The number of nitrogens with one attached hydrogen (secondary N) is 3. The number of hydrogen-bond acceptors (Lipinski definition) is 5. The fraction of sp³-hybridized carbons (Fsp3) is 0.412. The van der Waals surface area contributed by atoms with Gasteiger partial charge in [-0.1, -0.05) is 26.0 Å². The van der Waals surface area contributed by atoms with Gasteiger partial charge in [-0.3, -0.25) is 14.9 Å². The van der Waals surface area contributed by atoms with Crippen molar-refractivity contribution in [3.05, 3.63) is 35.6 Å². The highest BCUT2D eigenvalue weighted by Gasteiger charge is 2.27. The van der Waals surface area contributed by atoms with Gasteiger partial charge in [0.2, 0.25) is 0 Å². The summed E-state index contributed by atoms with van der Waals surface area (Å²) in [6, 6.07) is 3.55. The molecule has 1 rings (SSSR count). The third-order valence-corrected chi connectivity index (χ3v) is 3.26. The number of amides is 4. The van der Waals surface area contributed by atoms with Crippen LogP contribution in [0.1, 0.15) is 31.1 Å². The summed E-state index contributed by atoms with van der Waals surface area (Å²) < 4.78 is 18.5. The second-order valence-electron chi connectivity index (χ2n) is 5.69. The van der Waals surface area contributed by atoms with E-state index in [2.05, 4.69) is 10.6 Å². The molecule has 1 atom stereocenters. The average Bonchev–Trinajstić information content (AvgIpc) is 2.57. The number of carbonyl (C=O) groups excluding carboxylic acids is 4. The second-order valence-corrected chi connectivity index (χ2v) is 5.69. The molecule has 0 unspecified atom stereocenters. The number of benzene rings is 1. The molecule has 8 nitrogen and oxygen atoms in total. The zero-order chi connectivity index (χ0) is 19.7. The summed E-state index contributed by atoms with van der Waals surface area (Å²) in [5, 5.41) is 6.72. The van der Waals surface area contributed by atoms with E-state index in [1.807, 2.05) is 5.32 Å². The summed E-state index contributed by atoms with van der Waals surface area (Å²) in [6.45, 7) is 4.63. The normalized spacial score (nSPS) is 11.4. The van der Waals surface area contributed by atoms with Gasteiger partial charge in [0.1, 0.15) is 11.9 Å². The van der Waals surface area contributed by atoms with Crippen molar-refractivity contribution in [2.75, 3.05) is 13.2 Å². The lowest BCUT2D eigenvalue weighted by Crippen LogP contribution is -2.47. The van der Waals surface area contributed by atoms with Gasteiger partial charge in [-0.05, 0) is 25.0 Å². The van der Waals surface area contributed by atoms with E-state index in [4.69, 9.17) is 4.74 Å². The number of carbonyl (C=O) groups is 4. The SMILES string of the molecule is CCNC(=O)NC(=O)COC(=O)[C@@H](NC(=O)c1ccccc1F)C(C)C. The van der Waals surface area contributed by atoms with Gasteiger partial charge < -0.3 is 15.4 Å². The lowest BCUT2D eigenvalue weighted by molar-refractivity contribution is -0.151. The number of rotatable bonds is 7. The monoisotopic (exact) mass is 367 g/mol. The van der Waals surface area contributed by atoms with Crippen LogP contribution in [0.2, 0.25) is 0 Å². The summed E-state index contributed by atoms with van der Waals surface area (Å²) >= 11 is 0. The molecule has 4 amide bonds. The van der Waals surface area contributed by atoms with Crippen LogP contribution in [-0.4, -0.2) is 43.0 Å². The van der Waals surface area contributed by atoms with Crippen LogP contribution in [0.25, 0.3) is 0 Å². The molecule has 0 saturated heterocycles. The Morgan fingerprint density at radius 3 is 2.38 bits per heavy atom. The summed E-state index contributed by atoms with van der Waals surface area (Å²) in [6.07, 6.45) is 0. The van der Waals surface area contributed by atoms with Crippen molar-refractivity contribution >= 4 is 23.8 Å². The average molecular weight is 367 g/mol. The molecule has 0 bridgehead atoms. The number of hydrogen-bond donors (Lipinski definition) is 3. The fourth-order valence-corrected chi connectivity index (χ4v) is 1.96. The van der Waals surface area contributed by atoms with Crippen LogP contribution in [0.5, 0.6) is 0 Å². The van der Waals surface area contributed by atoms with E-state index >= 15 is 0 Å². The minimum absolute atomic E-state index is 0.208. The zero-order valence-electron chi connectivity index (χ0n) is 14.8. The van der Waals surface area contributed by atoms with E-state index in [0.29, 0.717) is 6.54 Å². The molecule has 0 radical (unpaired) electrons. The van der Waals surface area contributed by atoms with Crippen LogP contribution in [0, 0.1) is 11.7 Å². The van der Waals surface area contributed by atoms with Gasteiger partial charge in [-0.25, -0.2) is 14.0 Å². The maximum absolute atomic E-state index is 13.7. The highest BCUT2D eigenvalue weighted by Crippen LogP contribution is 2.09. The van der Waals surface area contributed by atoms with E-state index in [1.165, 1.54) is 18.2 Å². The second kappa shape index (κ2) is 10.1. The van der Waals surface area contributed by atoms with Gasteiger partial charge in [-0.2, -0.15) is 0 Å². The smallest absolute Gasteiger partial charge is 0.329 e. The van der Waals surface area contributed by atoms with E-state index in [1.54, 1.807) is 20.8 Å². The number of urea groups is 1. The Hall–Kier alpha value is -2.97. The van der Waals surface area contributed by atoms with Crippen LogP contribution in [0.3, 0.4) is 0 Å². The highest BCUT2D eigenvalue weighted by molar-refractivity contribution is 5.98. The van der Waals surface area contributed by atoms with E-state index < -0.39 is 42.3 Å². The largest absolute Gasteiger partial charge is 0.454 e. The van der Waals surface area contributed by atoms with Crippen molar-refractivity contribution in [1.29, 1.82) is 0 Å². The minimum Gasteiger partial charge on any atom is -0.454 e. The van der Waals surface area contributed by atoms with E-state index in [-0.39, 0.29) is 11.5 Å². The molecule has 0 fully saturated rings. The first-order valence-corrected chi connectivity index (χ1v) is 8.06. The molecular weight excluding hydrogens is 345 g/mol. The molecular formula is C17H22FN3O5. The molecule has 0 heterocycles. The van der Waals surface area contributed by atoms with Gasteiger partial charge in [0.05, 0.1) is 5.56 Å². The predicted octanol–water partition coefficient (Wildman–Crippen LogP) is 0.969. The molecule has 0 aliphatic rings. The third-order valence-electron chi connectivity index (χ3n) is 3.26. The van der Waals surface area contributed by atoms with Crippen molar-refractivity contribution in [3.63, 3.8) is 0 Å². The maximum Gasteiger partial charge on any atom is 0.329 e. The zero-order valence-corrected chi connectivity index (χ0v) is 14.8. The Balaban J connectivity index is 2.65. The molecule has 0 saturated carbocycles. The lowest BCUT2D eigenvalue weighted by Gasteiger charge is -2.20. The minimum atomic E-state index is -1.08. The summed E-state index contributed by atoms with van der Waals surface area (Å²) in [5.74, 6) is -3.54. The molecule has 9 heteroatoms. The number of ether oxygens (including phenoxy) is 1. The van der Waals surface area contributed by atoms with Crippen LogP contribution in [-0.2, 0) is 14.3 Å². The van der Waals surface area contributed by atoms with Crippen LogP contribution in [0.4, 0.5) is 9.18 Å². The molecule has 142 valence electrons. The number of esters is 1. The standard InChI is InChI=1S/C17H22FN3O5/c1-4-19-17(25)20-13(22)9-26-16(24)14(10(2)3)21-15(23)11-7-5-6-8-12(11)18/h5-8,10,14H,4,9H2,1-3H3,(H,21,23)(H2,19,20,22,25)/t14-/m0/s1. The van der Waals surface area contributed by atoms with Crippen LogP contribution >= 0.6 is 0 Å². The molecule has 0 aromatic heterocycles. The Bertz CT molecular complexity index is 678. The van der Waals surface area contributed by atoms with E-state index in [0.717, 1.165) is 6.07 Å². The number of imide groups is 1. The third kappa shape index (κ3) is 6.50. The highest BCUT2D eigenvalue weighted by atomic mass is 19.1. The Kier molecular flexibility index (Phi) is 8.20. The summed E-state index contributed by atoms with van der Waals surface area (Å²) in [7, 11) is 0. The lowest BCUT2D eigenvalue weighted by atomic mass is 10.0. The van der Waals surface area contributed by atoms with Gasteiger partial charge >= 0.3 is 12.0 Å². The first kappa shape index (κ1) is 21.1. The molecule has 26 heavy (non-hydrogen) atoms. The molecule has 1 aromatic rings. The first-order valence-electron chi connectivity index (χ1n) is 8.06. The maximum atomic E-state index is 13.7. The van der Waals surface area contributed by atoms with Crippen molar-refractivity contribution in [1.82, 2.24) is 16.0 Å². The predicted molar refractivity (Wildman–Crippen MR) is 90.7 cm³/mol. The Morgan fingerprint density at radius 2 is 1.81 bits per heavy atom. The topological polar surface area (TPSA) is 114 Å². The van der Waals surface area contributed by atoms with Crippen molar-refractivity contribution in [2.45, 2.75) is 26.8 Å². The summed E-state index contributed by atoms with van der Waals surface area (Å²) in [5.41, 5.74) is -0.208. The molecule has 3 N–H and O–H groups in total.